The van der Waals surface area contributed by atoms with Gasteiger partial charge < -0.3 is 10.2 Å². The standard InChI is InChI=1S/C22H21N3O4/c26-19(14-25-21(28)16-9-4-5-10-17(16)22(25)29)24-12-6-11-18(24)20(27)23-13-15-7-2-1-3-8-15/h1-5,7-10,18H,6,11-14H2,(H,23,27)/t18-/m1/s1. The van der Waals surface area contributed by atoms with E-state index in [-0.39, 0.29) is 12.5 Å². The lowest BCUT2D eigenvalue weighted by atomic mass is 10.1. The molecule has 0 bridgehead atoms. The first-order valence-electron chi connectivity index (χ1n) is 9.62. The van der Waals surface area contributed by atoms with Gasteiger partial charge in [0, 0.05) is 13.1 Å². The van der Waals surface area contributed by atoms with Gasteiger partial charge >= 0.3 is 0 Å². The van der Waals surface area contributed by atoms with Crippen LogP contribution < -0.4 is 5.32 Å². The molecule has 0 aromatic heterocycles. The molecule has 1 N–H and O–H groups in total. The van der Waals surface area contributed by atoms with E-state index in [2.05, 4.69) is 5.32 Å². The number of likely N-dealkylation sites (tertiary alicyclic amines) is 1. The van der Waals surface area contributed by atoms with Crippen LogP contribution in [0.1, 0.15) is 39.1 Å². The van der Waals surface area contributed by atoms with Gasteiger partial charge in [-0.2, -0.15) is 0 Å². The van der Waals surface area contributed by atoms with E-state index < -0.39 is 23.8 Å². The molecule has 0 aliphatic carbocycles. The molecule has 7 nitrogen and oxygen atoms in total. The Morgan fingerprint density at radius 2 is 1.55 bits per heavy atom. The fourth-order valence-corrected chi connectivity index (χ4v) is 3.85. The minimum atomic E-state index is -0.582. The number of hydrogen-bond acceptors (Lipinski definition) is 4. The molecule has 7 heteroatoms. The van der Waals surface area contributed by atoms with Gasteiger partial charge in [0.15, 0.2) is 0 Å². The number of carbonyl (C=O) groups excluding carboxylic acids is 4. The molecule has 0 spiro atoms. The van der Waals surface area contributed by atoms with Gasteiger partial charge in [-0.25, -0.2) is 0 Å². The number of fused-ring (bicyclic) bond motifs is 1. The van der Waals surface area contributed by atoms with Gasteiger partial charge in [-0.3, -0.25) is 24.1 Å². The highest BCUT2D eigenvalue weighted by molar-refractivity contribution is 6.22. The lowest BCUT2D eigenvalue weighted by molar-refractivity contribution is -0.138. The average molecular weight is 391 g/mol. The molecular weight excluding hydrogens is 370 g/mol. The molecule has 2 heterocycles. The first-order chi connectivity index (χ1) is 14.1. The molecule has 1 saturated heterocycles. The normalized spacial score (nSPS) is 18.1. The molecule has 2 aliphatic heterocycles. The molecule has 2 aliphatic rings. The van der Waals surface area contributed by atoms with Crippen LogP contribution in [0.15, 0.2) is 54.6 Å². The SMILES string of the molecule is O=C(NCc1ccccc1)[C@H]1CCCN1C(=O)CN1C(=O)c2ccccc2C1=O. The monoisotopic (exact) mass is 391 g/mol. The van der Waals surface area contributed by atoms with Crippen molar-refractivity contribution in [1.82, 2.24) is 15.1 Å². The van der Waals surface area contributed by atoms with Gasteiger partial charge in [-0.1, -0.05) is 42.5 Å². The smallest absolute Gasteiger partial charge is 0.262 e. The number of benzene rings is 2. The Bertz CT molecular complexity index is 938. The largest absolute Gasteiger partial charge is 0.350 e. The van der Waals surface area contributed by atoms with Crippen LogP contribution in [0.4, 0.5) is 0 Å². The zero-order chi connectivity index (χ0) is 20.4. The highest BCUT2D eigenvalue weighted by Gasteiger charge is 2.40. The number of nitrogens with zero attached hydrogens (tertiary/aromatic N) is 2. The minimum absolute atomic E-state index is 0.220. The third-order valence-electron chi connectivity index (χ3n) is 5.36. The van der Waals surface area contributed by atoms with Crippen molar-refractivity contribution in [2.45, 2.75) is 25.4 Å². The summed E-state index contributed by atoms with van der Waals surface area (Å²) < 4.78 is 0. The van der Waals surface area contributed by atoms with Crippen LogP contribution in [-0.2, 0) is 16.1 Å². The van der Waals surface area contributed by atoms with Crippen LogP contribution >= 0.6 is 0 Å². The molecule has 0 unspecified atom stereocenters. The lowest BCUT2D eigenvalue weighted by Crippen LogP contribution is -2.49. The van der Waals surface area contributed by atoms with Crippen molar-refractivity contribution in [3.63, 3.8) is 0 Å². The van der Waals surface area contributed by atoms with Crippen molar-refractivity contribution >= 4 is 23.6 Å². The average Bonchev–Trinajstić information content (AvgIpc) is 3.33. The predicted octanol–water partition coefficient (Wildman–Crippen LogP) is 1.59. The Morgan fingerprint density at radius 3 is 2.21 bits per heavy atom. The van der Waals surface area contributed by atoms with E-state index in [0.29, 0.717) is 37.1 Å². The van der Waals surface area contributed by atoms with Gasteiger partial charge in [0.1, 0.15) is 12.6 Å². The maximum Gasteiger partial charge on any atom is 0.262 e. The molecule has 4 rings (SSSR count). The van der Waals surface area contributed by atoms with Crippen molar-refractivity contribution in [1.29, 1.82) is 0 Å². The van der Waals surface area contributed by atoms with E-state index in [0.717, 1.165) is 10.5 Å². The highest BCUT2D eigenvalue weighted by Crippen LogP contribution is 2.24. The second-order valence-electron chi connectivity index (χ2n) is 7.19. The molecule has 2 aromatic carbocycles. The third kappa shape index (κ3) is 3.63. The third-order valence-corrected chi connectivity index (χ3v) is 5.36. The van der Waals surface area contributed by atoms with Gasteiger partial charge in [-0.05, 0) is 30.5 Å². The second-order valence-corrected chi connectivity index (χ2v) is 7.19. The highest BCUT2D eigenvalue weighted by atomic mass is 16.2. The van der Waals surface area contributed by atoms with Crippen LogP contribution in [-0.4, -0.2) is 52.6 Å². The van der Waals surface area contributed by atoms with E-state index in [1.165, 1.54) is 4.90 Å². The van der Waals surface area contributed by atoms with Crippen LogP contribution in [0.5, 0.6) is 0 Å². The van der Waals surface area contributed by atoms with Gasteiger partial charge in [0.05, 0.1) is 11.1 Å². The minimum Gasteiger partial charge on any atom is -0.350 e. The summed E-state index contributed by atoms with van der Waals surface area (Å²) in [4.78, 5) is 52.9. The molecule has 1 fully saturated rings. The van der Waals surface area contributed by atoms with Crippen LogP contribution in [0.3, 0.4) is 0 Å². The number of carbonyl (C=O) groups is 4. The zero-order valence-corrected chi connectivity index (χ0v) is 15.8. The Kier molecular flexibility index (Phi) is 5.12. The molecule has 4 amide bonds. The number of hydrogen-bond donors (Lipinski definition) is 1. The summed E-state index contributed by atoms with van der Waals surface area (Å²) in [6, 6.07) is 15.5. The maximum atomic E-state index is 12.8. The fraction of sp³-hybridized carbons (Fsp3) is 0.273. The summed E-state index contributed by atoms with van der Waals surface area (Å²) in [6.07, 6.45) is 1.27. The molecule has 0 radical (unpaired) electrons. The number of imide groups is 1. The van der Waals surface area contributed by atoms with Crippen LogP contribution in [0.2, 0.25) is 0 Å². The topological polar surface area (TPSA) is 86.8 Å². The molecule has 2 aromatic rings. The number of nitrogens with one attached hydrogen (secondary N) is 1. The first-order valence-corrected chi connectivity index (χ1v) is 9.62. The summed E-state index contributed by atoms with van der Waals surface area (Å²) >= 11 is 0. The van der Waals surface area contributed by atoms with E-state index in [4.69, 9.17) is 0 Å². The molecule has 29 heavy (non-hydrogen) atoms. The Morgan fingerprint density at radius 1 is 0.931 bits per heavy atom. The van der Waals surface area contributed by atoms with Crippen molar-refractivity contribution in [3.05, 3.63) is 71.3 Å². The molecule has 148 valence electrons. The van der Waals surface area contributed by atoms with Crippen LogP contribution in [0.25, 0.3) is 0 Å². The first kappa shape index (κ1) is 18.9. The number of rotatable bonds is 5. The summed E-state index contributed by atoms with van der Waals surface area (Å²) in [6.45, 7) is 0.469. The van der Waals surface area contributed by atoms with E-state index in [9.17, 15) is 19.2 Å². The molecule has 1 atom stereocenters. The summed E-state index contributed by atoms with van der Waals surface area (Å²) in [5.41, 5.74) is 1.59. The van der Waals surface area contributed by atoms with Crippen LogP contribution in [0, 0.1) is 0 Å². The Balaban J connectivity index is 1.40. The predicted molar refractivity (Wildman–Crippen MR) is 105 cm³/mol. The Labute approximate surface area is 168 Å². The Hall–Kier alpha value is -3.48. The van der Waals surface area contributed by atoms with Crippen molar-refractivity contribution in [2.24, 2.45) is 0 Å². The number of amides is 4. The molecular formula is C22H21N3O4. The van der Waals surface area contributed by atoms with Gasteiger partial charge in [-0.15, -0.1) is 0 Å². The van der Waals surface area contributed by atoms with E-state index in [1.807, 2.05) is 30.3 Å². The van der Waals surface area contributed by atoms with Gasteiger partial charge in [0.2, 0.25) is 11.8 Å². The summed E-state index contributed by atoms with van der Waals surface area (Å²) in [5.74, 6) is -1.55. The fourth-order valence-electron chi connectivity index (χ4n) is 3.85. The van der Waals surface area contributed by atoms with Crippen molar-refractivity contribution < 1.29 is 19.2 Å². The van der Waals surface area contributed by atoms with Gasteiger partial charge in [0.25, 0.3) is 11.8 Å². The molecule has 0 saturated carbocycles. The lowest BCUT2D eigenvalue weighted by Gasteiger charge is -2.25. The maximum absolute atomic E-state index is 12.8. The quantitative estimate of drug-likeness (QED) is 0.785. The zero-order valence-electron chi connectivity index (χ0n) is 15.8. The summed E-state index contributed by atoms with van der Waals surface area (Å²) in [5, 5.41) is 2.87. The van der Waals surface area contributed by atoms with E-state index in [1.54, 1.807) is 24.3 Å². The van der Waals surface area contributed by atoms with Crippen molar-refractivity contribution in [2.75, 3.05) is 13.1 Å². The van der Waals surface area contributed by atoms with Crippen molar-refractivity contribution in [3.8, 4) is 0 Å². The second kappa shape index (κ2) is 7.87. The van der Waals surface area contributed by atoms with E-state index >= 15 is 0 Å². The summed E-state index contributed by atoms with van der Waals surface area (Å²) in [7, 11) is 0.